The lowest BCUT2D eigenvalue weighted by atomic mass is 9.56. The first-order valence-electron chi connectivity index (χ1n) is 9.24. The van der Waals surface area contributed by atoms with E-state index in [4.69, 9.17) is 0 Å². The van der Waals surface area contributed by atoms with Gasteiger partial charge in [0.2, 0.25) is 0 Å². The van der Waals surface area contributed by atoms with Crippen molar-refractivity contribution in [3.8, 4) is 0 Å². The molecule has 2 nitrogen and oxygen atoms in total. The first kappa shape index (κ1) is 17.3. The van der Waals surface area contributed by atoms with E-state index in [2.05, 4.69) is 27.7 Å². The van der Waals surface area contributed by atoms with Crippen LogP contribution in [0.15, 0.2) is 0 Å². The maximum absolute atomic E-state index is 10.0. The van der Waals surface area contributed by atoms with Crippen molar-refractivity contribution in [1.82, 2.24) is 0 Å². The molecule has 2 saturated carbocycles. The Kier molecular flexibility index (Phi) is 5.76. The molecule has 2 aliphatic carbocycles. The summed E-state index contributed by atoms with van der Waals surface area (Å²) in [6.45, 7) is 9.26. The van der Waals surface area contributed by atoms with Gasteiger partial charge in [-0.25, -0.2) is 0 Å². The molecule has 6 atom stereocenters. The van der Waals surface area contributed by atoms with Gasteiger partial charge in [-0.2, -0.15) is 0 Å². The first-order chi connectivity index (χ1) is 9.88. The monoisotopic (exact) mass is 296 g/mol. The van der Waals surface area contributed by atoms with Gasteiger partial charge in [-0.15, -0.1) is 0 Å². The summed E-state index contributed by atoms with van der Waals surface area (Å²) in [6, 6.07) is 0. The van der Waals surface area contributed by atoms with Crippen molar-refractivity contribution in [1.29, 1.82) is 0 Å². The van der Waals surface area contributed by atoms with E-state index < -0.39 is 0 Å². The normalized spacial score (nSPS) is 44.3. The lowest BCUT2D eigenvalue weighted by Crippen LogP contribution is -2.44. The SMILES string of the molecule is CCCC(C)(C1CCC(O)C(C)C1)C1CCC(O)C(C)C1. The van der Waals surface area contributed by atoms with E-state index in [1.165, 1.54) is 38.5 Å². The summed E-state index contributed by atoms with van der Waals surface area (Å²) in [5.74, 6) is 2.41. The average molecular weight is 296 g/mol. The summed E-state index contributed by atoms with van der Waals surface area (Å²) in [5, 5.41) is 20.1. The van der Waals surface area contributed by atoms with E-state index in [-0.39, 0.29) is 12.2 Å². The quantitative estimate of drug-likeness (QED) is 0.808. The smallest absolute Gasteiger partial charge is 0.0566 e. The largest absolute Gasteiger partial charge is 0.393 e. The molecular weight excluding hydrogens is 260 g/mol. The van der Waals surface area contributed by atoms with E-state index >= 15 is 0 Å². The molecule has 2 heteroatoms. The van der Waals surface area contributed by atoms with E-state index in [1.54, 1.807) is 0 Å². The zero-order valence-electron chi connectivity index (χ0n) is 14.5. The second-order valence-electron chi connectivity index (χ2n) is 8.37. The van der Waals surface area contributed by atoms with Crippen molar-refractivity contribution in [3.05, 3.63) is 0 Å². The summed E-state index contributed by atoms with van der Waals surface area (Å²) in [6.07, 6.45) is 9.09. The molecule has 2 fully saturated rings. The Morgan fingerprint density at radius 2 is 1.29 bits per heavy atom. The highest BCUT2D eigenvalue weighted by Gasteiger charge is 2.45. The molecule has 6 unspecified atom stereocenters. The van der Waals surface area contributed by atoms with Gasteiger partial charge in [0.15, 0.2) is 0 Å². The van der Waals surface area contributed by atoms with Crippen molar-refractivity contribution < 1.29 is 10.2 Å². The Hall–Kier alpha value is -0.0800. The van der Waals surface area contributed by atoms with Gasteiger partial charge in [0.1, 0.15) is 0 Å². The van der Waals surface area contributed by atoms with Gasteiger partial charge < -0.3 is 10.2 Å². The first-order valence-corrected chi connectivity index (χ1v) is 9.24. The fourth-order valence-electron chi connectivity index (χ4n) is 5.24. The highest BCUT2D eigenvalue weighted by molar-refractivity contribution is 4.95. The molecule has 0 spiro atoms. The molecule has 0 aromatic heterocycles. The summed E-state index contributed by atoms with van der Waals surface area (Å²) in [4.78, 5) is 0. The summed E-state index contributed by atoms with van der Waals surface area (Å²) < 4.78 is 0. The van der Waals surface area contributed by atoms with Gasteiger partial charge in [0.05, 0.1) is 12.2 Å². The van der Waals surface area contributed by atoms with Crippen LogP contribution in [0.25, 0.3) is 0 Å². The third kappa shape index (κ3) is 3.64. The van der Waals surface area contributed by atoms with Crippen molar-refractivity contribution in [2.75, 3.05) is 0 Å². The minimum Gasteiger partial charge on any atom is -0.393 e. The fourth-order valence-corrected chi connectivity index (χ4v) is 5.24. The van der Waals surface area contributed by atoms with E-state index in [0.717, 1.165) is 24.7 Å². The van der Waals surface area contributed by atoms with Gasteiger partial charge >= 0.3 is 0 Å². The second kappa shape index (κ2) is 7.00. The summed E-state index contributed by atoms with van der Waals surface area (Å²) in [7, 11) is 0. The fraction of sp³-hybridized carbons (Fsp3) is 1.00. The molecule has 0 aliphatic heterocycles. The van der Waals surface area contributed by atoms with Crippen molar-refractivity contribution in [2.45, 2.75) is 91.3 Å². The third-order valence-electron chi connectivity index (χ3n) is 6.90. The number of hydrogen-bond donors (Lipinski definition) is 2. The standard InChI is InChI=1S/C19H36O2/c1-5-10-19(4,15-6-8-17(20)13(2)11-15)16-7-9-18(21)14(3)12-16/h13-18,20-21H,5-12H2,1-4H3. The van der Waals surface area contributed by atoms with Crippen LogP contribution in [-0.2, 0) is 0 Å². The van der Waals surface area contributed by atoms with Crippen LogP contribution in [0.5, 0.6) is 0 Å². The average Bonchev–Trinajstić information content (AvgIpc) is 2.45. The lowest BCUT2D eigenvalue weighted by Gasteiger charge is -2.50. The Morgan fingerprint density at radius 3 is 1.62 bits per heavy atom. The predicted octanol–water partition coefficient (Wildman–Crippen LogP) is 4.39. The van der Waals surface area contributed by atoms with Gasteiger partial charge in [-0.05, 0) is 74.0 Å². The highest BCUT2D eigenvalue weighted by Crippen LogP contribution is 2.52. The number of aliphatic hydroxyl groups excluding tert-OH is 2. The highest BCUT2D eigenvalue weighted by atomic mass is 16.3. The minimum absolute atomic E-state index is 0.0840. The van der Waals surface area contributed by atoms with Crippen LogP contribution in [0.1, 0.15) is 79.1 Å². The van der Waals surface area contributed by atoms with Crippen molar-refractivity contribution in [3.63, 3.8) is 0 Å². The van der Waals surface area contributed by atoms with Gasteiger partial charge in [0.25, 0.3) is 0 Å². The Labute approximate surface area is 131 Å². The van der Waals surface area contributed by atoms with Crippen LogP contribution in [0, 0.1) is 29.1 Å². The molecule has 0 aromatic rings. The van der Waals surface area contributed by atoms with E-state index in [9.17, 15) is 10.2 Å². The molecule has 0 amide bonds. The zero-order chi connectivity index (χ0) is 15.6. The zero-order valence-corrected chi connectivity index (χ0v) is 14.5. The Morgan fingerprint density at radius 1 is 0.857 bits per heavy atom. The Balaban J connectivity index is 2.12. The van der Waals surface area contributed by atoms with Crippen LogP contribution in [0.3, 0.4) is 0 Å². The van der Waals surface area contributed by atoms with Crippen molar-refractivity contribution >= 4 is 0 Å². The number of aliphatic hydroxyl groups is 2. The molecule has 0 radical (unpaired) electrons. The second-order valence-corrected chi connectivity index (χ2v) is 8.37. The molecular formula is C19H36O2. The van der Waals surface area contributed by atoms with Crippen LogP contribution in [0.2, 0.25) is 0 Å². The summed E-state index contributed by atoms with van der Waals surface area (Å²) in [5.41, 5.74) is 0.400. The number of hydrogen-bond acceptors (Lipinski definition) is 2. The van der Waals surface area contributed by atoms with Gasteiger partial charge in [-0.1, -0.05) is 34.1 Å². The van der Waals surface area contributed by atoms with Crippen LogP contribution >= 0.6 is 0 Å². The minimum atomic E-state index is -0.0840. The molecule has 0 aromatic carbocycles. The molecule has 0 bridgehead atoms. The molecule has 0 saturated heterocycles. The third-order valence-corrected chi connectivity index (χ3v) is 6.90. The van der Waals surface area contributed by atoms with E-state index in [1.807, 2.05) is 0 Å². The lowest BCUT2D eigenvalue weighted by molar-refractivity contribution is -0.0467. The van der Waals surface area contributed by atoms with Gasteiger partial charge in [0, 0.05) is 0 Å². The van der Waals surface area contributed by atoms with Crippen LogP contribution in [-0.4, -0.2) is 22.4 Å². The maximum atomic E-state index is 10.0. The molecule has 2 rings (SSSR count). The molecule has 0 heterocycles. The predicted molar refractivity (Wildman–Crippen MR) is 88.0 cm³/mol. The topological polar surface area (TPSA) is 40.5 Å². The molecule has 21 heavy (non-hydrogen) atoms. The van der Waals surface area contributed by atoms with Crippen LogP contribution in [0.4, 0.5) is 0 Å². The van der Waals surface area contributed by atoms with Crippen molar-refractivity contribution in [2.24, 2.45) is 29.1 Å². The number of rotatable bonds is 4. The van der Waals surface area contributed by atoms with E-state index in [0.29, 0.717) is 17.3 Å². The summed E-state index contributed by atoms with van der Waals surface area (Å²) >= 11 is 0. The van der Waals surface area contributed by atoms with Gasteiger partial charge in [-0.3, -0.25) is 0 Å². The molecule has 2 aliphatic rings. The maximum Gasteiger partial charge on any atom is 0.0566 e. The molecule has 2 N–H and O–H groups in total. The Bertz CT molecular complexity index is 302. The van der Waals surface area contributed by atoms with Crippen LogP contribution < -0.4 is 0 Å². The molecule has 124 valence electrons.